The molecule has 1 aromatic rings. The summed E-state index contributed by atoms with van der Waals surface area (Å²) in [7, 11) is 0. The maximum absolute atomic E-state index is 6.00. The summed E-state index contributed by atoms with van der Waals surface area (Å²) in [5.41, 5.74) is 7.43. The van der Waals surface area contributed by atoms with Gasteiger partial charge in [-0.15, -0.1) is 0 Å². The highest BCUT2D eigenvalue weighted by molar-refractivity contribution is 5.12. The van der Waals surface area contributed by atoms with Crippen LogP contribution in [0.5, 0.6) is 0 Å². The molecule has 2 heterocycles. The minimum absolute atomic E-state index is 0.124. The molecule has 100 valence electrons. The molecule has 1 aromatic heterocycles. The SMILES string of the molecule is CC(CN)(Cc1ccncc1)CN1CCOCC1. The molecule has 0 radical (unpaired) electrons. The third-order valence-electron chi connectivity index (χ3n) is 3.58. The van der Waals surface area contributed by atoms with E-state index in [9.17, 15) is 0 Å². The van der Waals surface area contributed by atoms with Crippen molar-refractivity contribution in [2.45, 2.75) is 13.3 Å². The molecule has 1 aliphatic heterocycles. The van der Waals surface area contributed by atoms with Crippen LogP contribution in [0.3, 0.4) is 0 Å². The molecular formula is C14H23N3O. The molecule has 18 heavy (non-hydrogen) atoms. The standard InChI is InChI=1S/C14H23N3O/c1-14(11-15,10-13-2-4-16-5-3-13)12-17-6-8-18-9-7-17/h2-5H,6-12,15H2,1H3. The van der Waals surface area contributed by atoms with E-state index in [4.69, 9.17) is 10.5 Å². The van der Waals surface area contributed by atoms with Gasteiger partial charge in [0.25, 0.3) is 0 Å². The lowest BCUT2D eigenvalue weighted by molar-refractivity contribution is 0.0198. The van der Waals surface area contributed by atoms with Gasteiger partial charge >= 0.3 is 0 Å². The van der Waals surface area contributed by atoms with Crippen molar-refractivity contribution in [1.29, 1.82) is 0 Å². The Bertz CT molecular complexity index is 351. The van der Waals surface area contributed by atoms with Crippen molar-refractivity contribution in [1.82, 2.24) is 9.88 Å². The lowest BCUT2D eigenvalue weighted by Gasteiger charge is -2.36. The summed E-state index contributed by atoms with van der Waals surface area (Å²) in [6.45, 7) is 7.73. The van der Waals surface area contributed by atoms with Crippen LogP contribution in [0.2, 0.25) is 0 Å². The number of nitrogens with two attached hydrogens (primary N) is 1. The predicted molar refractivity (Wildman–Crippen MR) is 72.4 cm³/mol. The molecule has 0 bridgehead atoms. The summed E-state index contributed by atoms with van der Waals surface area (Å²) in [4.78, 5) is 6.51. The van der Waals surface area contributed by atoms with Crippen molar-refractivity contribution in [2.24, 2.45) is 11.1 Å². The number of morpholine rings is 1. The minimum Gasteiger partial charge on any atom is -0.379 e. The van der Waals surface area contributed by atoms with E-state index in [0.717, 1.165) is 39.3 Å². The van der Waals surface area contributed by atoms with Gasteiger partial charge in [-0.2, -0.15) is 0 Å². The number of pyridine rings is 1. The summed E-state index contributed by atoms with van der Waals surface area (Å²) in [6, 6.07) is 4.15. The maximum Gasteiger partial charge on any atom is 0.0594 e. The number of ether oxygens (including phenoxy) is 1. The molecular weight excluding hydrogens is 226 g/mol. The molecule has 4 heteroatoms. The van der Waals surface area contributed by atoms with Gasteiger partial charge in [-0.05, 0) is 36.1 Å². The van der Waals surface area contributed by atoms with Gasteiger partial charge in [0, 0.05) is 32.0 Å². The molecule has 1 atom stereocenters. The molecule has 1 saturated heterocycles. The highest BCUT2D eigenvalue weighted by Gasteiger charge is 2.27. The molecule has 0 aromatic carbocycles. The lowest BCUT2D eigenvalue weighted by atomic mass is 9.83. The van der Waals surface area contributed by atoms with Crippen LogP contribution in [0.25, 0.3) is 0 Å². The molecule has 1 fully saturated rings. The van der Waals surface area contributed by atoms with E-state index in [1.165, 1.54) is 5.56 Å². The van der Waals surface area contributed by atoms with Gasteiger partial charge in [-0.1, -0.05) is 6.92 Å². The van der Waals surface area contributed by atoms with E-state index in [1.54, 1.807) is 0 Å². The smallest absolute Gasteiger partial charge is 0.0594 e. The first-order valence-corrected chi connectivity index (χ1v) is 6.61. The Morgan fingerprint density at radius 2 is 2.00 bits per heavy atom. The number of nitrogens with zero attached hydrogens (tertiary/aromatic N) is 2. The third-order valence-corrected chi connectivity index (χ3v) is 3.58. The highest BCUT2D eigenvalue weighted by Crippen LogP contribution is 2.23. The quantitative estimate of drug-likeness (QED) is 0.843. The molecule has 1 aliphatic rings. The molecule has 0 spiro atoms. The average Bonchev–Trinajstić information content (AvgIpc) is 2.41. The van der Waals surface area contributed by atoms with E-state index in [2.05, 4.69) is 28.9 Å². The van der Waals surface area contributed by atoms with Gasteiger partial charge in [0.2, 0.25) is 0 Å². The molecule has 2 N–H and O–H groups in total. The normalized spacial score (nSPS) is 20.6. The monoisotopic (exact) mass is 249 g/mol. The topological polar surface area (TPSA) is 51.4 Å². The summed E-state index contributed by atoms with van der Waals surface area (Å²) < 4.78 is 5.38. The van der Waals surface area contributed by atoms with Crippen LogP contribution < -0.4 is 5.73 Å². The number of aromatic nitrogens is 1. The molecule has 4 nitrogen and oxygen atoms in total. The Labute approximate surface area is 109 Å². The van der Waals surface area contributed by atoms with Gasteiger partial charge in [-0.3, -0.25) is 9.88 Å². The van der Waals surface area contributed by atoms with Crippen molar-refractivity contribution in [2.75, 3.05) is 39.4 Å². The molecule has 0 aliphatic carbocycles. The van der Waals surface area contributed by atoms with Crippen molar-refractivity contribution in [3.05, 3.63) is 30.1 Å². The van der Waals surface area contributed by atoms with E-state index < -0.39 is 0 Å². The second kappa shape index (κ2) is 6.27. The third kappa shape index (κ3) is 3.77. The van der Waals surface area contributed by atoms with Gasteiger partial charge < -0.3 is 10.5 Å². The van der Waals surface area contributed by atoms with Gasteiger partial charge in [0.1, 0.15) is 0 Å². The van der Waals surface area contributed by atoms with Crippen LogP contribution in [-0.2, 0) is 11.2 Å². The maximum atomic E-state index is 6.00. The van der Waals surface area contributed by atoms with Crippen molar-refractivity contribution in [3.63, 3.8) is 0 Å². The first-order chi connectivity index (χ1) is 8.72. The predicted octanol–water partition coefficient (Wildman–Crippen LogP) is 0.921. The zero-order chi connectivity index (χ0) is 12.8. The molecule has 0 amide bonds. The van der Waals surface area contributed by atoms with E-state index >= 15 is 0 Å². The summed E-state index contributed by atoms with van der Waals surface area (Å²) in [5.74, 6) is 0. The Hall–Kier alpha value is -0.970. The van der Waals surface area contributed by atoms with Crippen molar-refractivity contribution in [3.8, 4) is 0 Å². The fourth-order valence-electron chi connectivity index (χ4n) is 2.49. The summed E-state index contributed by atoms with van der Waals surface area (Å²) in [5, 5.41) is 0. The second-order valence-electron chi connectivity index (χ2n) is 5.44. The number of hydrogen-bond donors (Lipinski definition) is 1. The number of hydrogen-bond acceptors (Lipinski definition) is 4. The summed E-state index contributed by atoms with van der Waals surface area (Å²) >= 11 is 0. The van der Waals surface area contributed by atoms with Crippen LogP contribution in [0.1, 0.15) is 12.5 Å². The zero-order valence-electron chi connectivity index (χ0n) is 11.1. The van der Waals surface area contributed by atoms with Crippen LogP contribution in [-0.4, -0.2) is 49.3 Å². The fourth-order valence-corrected chi connectivity index (χ4v) is 2.49. The van der Waals surface area contributed by atoms with Gasteiger partial charge in [-0.25, -0.2) is 0 Å². The fraction of sp³-hybridized carbons (Fsp3) is 0.643. The first-order valence-electron chi connectivity index (χ1n) is 6.61. The average molecular weight is 249 g/mol. The van der Waals surface area contributed by atoms with Gasteiger partial charge in [0.05, 0.1) is 13.2 Å². The first kappa shape index (κ1) is 13.5. The zero-order valence-corrected chi connectivity index (χ0v) is 11.1. The largest absolute Gasteiger partial charge is 0.379 e. The Morgan fingerprint density at radius 3 is 2.61 bits per heavy atom. The van der Waals surface area contributed by atoms with E-state index in [0.29, 0.717) is 6.54 Å². The summed E-state index contributed by atoms with van der Waals surface area (Å²) in [6.07, 6.45) is 4.70. The minimum atomic E-state index is 0.124. The Kier molecular flexibility index (Phi) is 4.69. The van der Waals surface area contributed by atoms with Crippen LogP contribution >= 0.6 is 0 Å². The van der Waals surface area contributed by atoms with Crippen LogP contribution in [0.4, 0.5) is 0 Å². The van der Waals surface area contributed by atoms with E-state index in [-0.39, 0.29) is 5.41 Å². The van der Waals surface area contributed by atoms with Crippen molar-refractivity contribution < 1.29 is 4.74 Å². The van der Waals surface area contributed by atoms with E-state index in [1.807, 2.05) is 12.4 Å². The Balaban J connectivity index is 1.96. The Morgan fingerprint density at radius 1 is 1.33 bits per heavy atom. The van der Waals surface area contributed by atoms with Crippen molar-refractivity contribution >= 4 is 0 Å². The second-order valence-corrected chi connectivity index (χ2v) is 5.44. The lowest BCUT2D eigenvalue weighted by Crippen LogP contribution is -2.46. The van der Waals surface area contributed by atoms with Gasteiger partial charge in [0.15, 0.2) is 0 Å². The number of rotatable bonds is 5. The van der Waals surface area contributed by atoms with Crippen LogP contribution in [0, 0.1) is 5.41 Å². The molecule has 0 saturated carbocycles. The molecule has 1 unspecified atom stereocenters. The molecule has 2 rings (SSSR count). The van der Waals surface area contributed by atoms with Crippen LogP contribution in [0.15, 0.2) is 24.5 Å². The highest BCUT2D eigenvalue weighted by atomic mass is 16.5.